The van der Waals surface area contributed by atoms with E-state index in [0.717, 1.165) is 18.0 Å². The van der Waals surface area contributed by atoms with Crippen molar-refractivity contribution in [3.05, 3.63) is 42.1 Å². The first-order valence-corrected chi connectivity index (χ1v) is 6.70. The smallest absolute Gasteiger partial charge is 0.167 e. The second kappa shape index (κ2) is 6.38. The second-order valence-corrected chi connectivity index (χ2v) is 4.63. The molecule has 0 aliphatic carbocycles. The fourth-order valence-corrected chi connectivity index (χ4v) is 1.94. The van der Waals surface area contributed by atoms with Crippen molar-refractivity contribution in [2.75, 3.05) is 0 Å². The van der Waals surface area contributed by atoms with Crippen molar-refractivity contribution < 1.29 is 4.42 Å². The third kappa shape index (κ3) is 3.82. The normalized spacial score (nSPS) is 12.1. The van der Waals surface area contributed by atoms with E-state index in [-0.39, 0.29) is 6.04 Å². The summed E-state index contributed by atoms with van der Waals surface area (Å²) < 4.78 is 7.12. The lowest BCUT2D eigenvalue weighted by molar-refractivity contribution is 0.501. The molecule has 2 aromatic rings. The van der Waals surface area contributed by atoms with Crippen LogP contribution in [0.25, 0.3) is 0 Å². The molecule has 2 heterocycles. The largest absolute Gasteiger partial charge is 0.467 e. The Morgan fingerprint density at radius 1 is 1.53 bits per heavy atom. The number of hydrogen-bond donors (Lipinski definition) is 2. The lowest BCUT2D eigenvalue weighted by Crippen LogP contribution is -2.36. The Bertz CT molecular complexity index is 520. The van der Waals surface area contributed by atoms with Gasteiger partial charge in [0.2, 0.25) is 0 Å². The van der Waals surface area contributed by atoms with E-state index in [9.17, 15) is 0 Å². The Labute approximate surface area is 118 Å². The van der Waals surface area contributed by atoms with Gasteiger partial charge in [-0.2, -0.15) is 5.10 Å². The molecule has 0 aliphatic rings. The van der Waals surface area contributed by atoms with E-state index in [1.54, 1.807) is 6.26 Å². The number of nitrogens with one attached hydrogen (secondary N) is 2. The predicted molar refractivity (Wildman–Crippen MR) is 77.6 cm³/mol. The van der Waals surface area contributed by atoms with E-state index in [4.69, 9.17) is 16.6 Å². The van der Waals surface area contributed by atoms with Crippen molar-refractivity contribution in [1.82, 2.24) is 20.4 Å². The van der Waals surface area contributed by atoms with Crippen molar-refractivity contribution in [3.63, 3.8) is 0 Å². The summed E-state index contributed by atoms with van der Waals surface area (Å²) in [5, 5.41) is 11.3. The van der Waals surface area contributed by atoms with E-state index in [0.29, 0.717) is 11.7 Å². The summed E-state index contributed by atoms with van der Waals surface area (Å²) in [7, 11) is 0. The third-order valence-corrected chi connectivity index (χ3v) is 3.04. The van der Waals surface area contributed by atoms with Gasteiger partial charge in [-0.3, -0.25) is 4.68 Å². The highest BCUT2D eigenvalue weighted by molar-refractivity contribution is 7.80. The summed E-state index contributed by atoms with van der Waals surface area (Å²) in [6.45, 7) is 5.54. The standard InChI is InChI=1S/C13H18N4OS/c1-3-17-7-6-12(16-17)10(2)15-13(19)14-9-11-5-4-8-18-11/h4-8,10H,3,9H2,1-2H3,(H2,14,15,19). The molecule has 2 aromatic heterocycles. The lowest BCUT2D eigenvalue weighted by Gasteiger charge is -2.14. The van der Waals surface area contributed by atoms with E-state index in [1.807, 2.05) is 36.0 Å². The van der Waals surface area contributed by atoms with Crippen LogP contribution < -0.4 is 10.6 Å². The van der Waals surface area contributed by atoms with Crippen LogP contribution in [0.2, 0.25) is 0 Å². The van der Waals surface area contributed by atoms with Gasteiger partial charge in [-0.25, -0.2) is 0 Å². The SMILES string of the molecule is CCn1ccc(C(C)NC(=S)NCc2ccco2)n1. The Balaban J connectivity index is 1.81. The van der Waals surface area contributed by atoms with Gasteiger partial charge in [0.15, 0.2) is 5.11 Å². The number of hydrogen-bond acceptors (Lipinski definition) is 3. The molecular weight excluding hydrogens is 260 g/mol. The highest BCUT2D eigenvalue weighted by atomic mass is 32.1. The average molecular weight is 278 g/mol. The second-order valence-electron chi connectivity index (χ2n) is 4.22. The van der Waals surface area contributed by atoms with Crippen LogP contribution >= 0.6 is 12.2 Å². The maximum absolute atomic E-state index is 5.24. The van der Waals surface area contributed by atoms with Gasteiger partial charge in [0.05, 0.1) is 24.5 Å². The van der Waals surface area contributed by atoms with Gasteiger partial charge in [-0.15, -0.1) is 0 Å². The molecule has 0 aromatic carbocycles. The van der Waals surface area contributed by atoms with Crippen molar-refractivity contribution in [3.8, 4) is 0 Å². The van der Waals surface area contributed by atoms with E-state index >= 15 is 0 Å². The van der Waals surface area contributed by atoms with Gasteiger partial charge >= 0.3 is 0 Å². The van der Waals surface area contributed by atoms with Crippen LogP contribution in [-0.2, 0) is 13.1 Å². The summed E-state index contributed by atoms with van der Waals surface area (Å²) in [5.41, 5.74) is 0.976. The Kier molecular flexibility index (Phi) is 4.57. The number of aryl methyl sites for hydroxylation is 1. The molecule has 0 fully saturated rings. The minimum atomic E-state index is 0.0735. The van der Waals surface area contributed by atoms with Crippen molar-refractivity contribution >= 4 is 17.3 Å². The maximum atomic E-state index is 5.24. The molecule has 1 atom stereocenters. The van der Waals surface area contributed by atoms with Crippen LogP contribution in [-0.4, -0.2) is 14.9 Å². The molecule has 0 saturated heterocycles. The van der Waals surface area contributed by atoms with Crippen molar-refractivity contribution in [2.24, 2.45) is 0 Å². The van der Waals surface area contributed by atoms with Crippen LogP contribution in [0, 0.1) is 0 Å². The molecule has 0 amide bonds. The number of aromatic nitrogens is 2. The molecule has 2 rings (SSSR count). The van der Waals surface area contributed by atoms with Gasteiger partial charge in [-0.1, -0.05) is 0 Å². The monoisotopic (exact) mass is 278 g/mol. The predicted octanol–water partition coefficient (Wildman–Crippen LogP) is 2.22. The fourth-order valence-electron chi connectivity index (χ4n) is 1.69. The van der Waals surface area contributed by atoms with Crippen LogP contribution in [0.5, 0.6) is 0 Å². The zero-order valence-corrected chi connectivity index (χ0v) is 11.9. The van der Waals surface area contributed by atoms with E-state index < -0.39 is 0 Å². The van der Waals surface area contributed by atoms with Gasteiger partial charge in [0.1, 0.15) is 5.76 Å². The summed E-state index contributed by atoms with van der Waals surface area (Å²) in [4.78, 5) is 0. The first kappa shape index (κ1) is 13.6. The molecule has 0 spiro atoms. The van der Waals surface area contributed by atoms with Crippen molar-refractivity contribution in [1.29, 1.82) is 0 Å². The number of nitrogens with zero attached hydrogens (tertiary/aromatic N) is 2. The Morgan fingerprint density at radius 3 is 3.00 bits per heavy atom. The minimum absolute atomic E-state index is 0.0735. The molecule has 2 N–H and O–H groups in total. The zero-order chi connectivity index (χ0) is 13.7. The highest BCUT2D eigenvalue weighted by Gasteiger charge is 2.10. The van der Waals surface area contributed by atoms with Gasteiger partial charge < -0.3 is 15.1 Å². The molecule has 19 heavy (non-hydrogen) atoms. The van der Waals surface area contributed by atoms with E-state index in [2.05, 4.69) is 22.7 Å². The van der Waals surface area contributed by atoms with E-state index in [1.165, 1.54) is 0 Å². The fraction of sp³-hybridized carbons (Fsp3) is 0.385. The van der Waals surface area contributed by atoms with Crippen LogP contribution in [0.1, 0.15) is 31.3 Å². The van der Waals surface area contributed by atoms with Gasteiger partial charge in [-0.05, 0) is 44.3 Å². The molecule has 1 unspecified atom stereocenters. The summed E-state index contributed by atoms with van der Waals surface area (Å²) in [5.74, 6) is 0.854. The summed E-state index contributed by atoms with van der Waals surface area (Å²) in [6, 6.07) is 5.83. The molecular formula is C13H18N4OS. The number of furan rings is 1. The van der Waals surface area contributed by atoms with Gasteiger partial charge in [0, 0.05) is 12.7 Å². The number of thiocarbonyl (C=S) groups is 1. The number of rotatable bonds is 5. The molecule has 0 aliphatic heterocycles. The third-order valence-electron chi connectivity index (χ3n) is 2.78. The molecule has 5 nitrogen and oxygen atoms in total. The topological polar surface area (TPSA) is 55.0 Å². The highest BCUT2D eigenvalue weighted by Crippen LogP contribution is 2.08. The molecule has 0 bridgehead atoms. The first-order valence-electron chi connectivity index (χ1n) is 6.29. The lowest BCUT2D eigenvalue weighted by atomic mass is 10.2. The molecule has 102 valence electrons. The quantitative estimate of drug-likeness (QED) is 0.821. The average Bonchev–Trinajstić information content (AvgIpc) is 3.07. The maximum Gasteiger partial charge on any atom is 0.167 e. The Morgan fingerprint density at radius 2 is 2.37 bits per heavy atom. The molecule has 0 saturated carbocycles. The first-order chi connectivity index (χ1) is 9.19. The van der Waals surface area contributed by atoms with Crippen LogP contribution in [0.4, 0.5) is 0 Å². The molecule has 6 heteroatoms. The Hall–Kier alpha value is -1.82. The minimum Gasteiger partial charge on any atom is -0.467 e. The zero-order valence-electron chi connectivity index (χ0n) is 11.1. The van der Waals surface area contributed by atoms with Crippen LogP contribution in [0.15, 0.2) is 35.1 Å². The van der Waals surface area contributed by atoms with Gasteiger partial charge in [0.25, 0.3) is 0 Å². The summed E-state index contributed by atoms with van der Waals surface area (Å²) >= 11 is 5.24. The summed E-state index contributed by atoms with van der Waals surface area (Å²) in [6.07, 6.45) is 3.61. The molecule has 0 radical (unpaired) electrons. The van der Waals surface area contributed by atoms with Crippen LogP contribution in [0.3, 0.4) is 0 Å². The van der Waals surface area contributed by atoms with Crippen molar-refractivity contribution in [2.45, 2.75) is 33.0 Å².